The SMILES string of the molecule is CC(C)(C)[S@](=O)N[C@@](C)(CS(=O)(=O)C(C)(C)C#N)c1cc(Br)cc(F)c1F. The summed E-state index contributed by atoms with van der Waals surface area (Å²) in [6.45, 7) is 8.74. The summed E-state index contributed by atoms with van der Waals surface area (Å²) >= 11 is 3.07. The molecule has 2 atom stereocenters. The Morgan fingerprint density at radius 3 is 2.15 bits per heavy atom. The fraction of sp³-hybridized carbons (Fsp3) is 0.588. The van der Waals surface area contributed by atoms with E-state index < -0.39 is 53.2 Å². The molecule has 0 fully saturated rings. The van der Waals surface area contributed by atoms with Crippen LogP contribution in [0.25, 0.3) is 0 Å². The van der Waals surface area contributed by atoms with Gasteiger partial charge in [-0.25, -0.2) is 26.1 Å². The fourth-order valence-electron chi connectivity index (χ4n) is 2.11. The lowest BCUT2D eigenvalue weighted by Crippen LogP contribution is -2.52. The number of nitrogens with one attached hydrogen (secondary N) is 1. The van der Waals surface area contributed by atoms with Crippen LogP contribution in [-0.4, -0.2) is 27.9 Å². The molecular weight excluding hydrogens is 462 g/mol. The van der Waals surface area contributed by atoms with Gasteiger partial charge in [0.05, 0.1) is 33.1 Å². The Morgan fingerprint density at radius 2 is 1.70 bits per heavy atom. The molecule has 5 nitrogen and oxygen atoms in total. The third-order valence-corrected chi connectivity index (χ3v) is 8.80. The first-order chi connectivity index (χ1) is 12.0. The summed E-state index contributed by atoms with van der Waals surface area (Å²) in [4.78, 5) is 0. The minimum absolute atomic E-state index is 0.197. The molecule has 0 aromatic heterocycles. The molecule has 0 unspecified atom stereocenters. The first-order valence-electron chi connectivity index (χ1n) is 7.95. The lowest BCUT2D eigenvalue weighted by Gasteiger charge is -2.35. The van der Waals surface area contributed by atoms with Crippen molar-refractivity contribution in [2.45, 2.75) is 56.6 Å². The summed E-state index contributed by atoms with van der Waals surface area (Å²) in [6.07, 6.45) is 0. The smallest absolute Gasteiger partial charge is 0.170 e. The van der Waals surface area contributed by atoms with E-state index in [0.29, 0.717) is 0 Å². The molecule has 0 radical (unpaired) electrons. The predicted molar refractivity (Wildman–Crippen MR) is 106 cm³/mol. The molecule has 1 N–H and O–H groups in total. The summed E-state index contributed by atoms with van der Waals surface area (Å²) < 4.78 is 67.1. The second kappa shape index (κ2) is 7.85. The van der Waals surface area contributed by atoms with Gasteiger partial charge in [-0.1, -0.05) is 15.9 Å². The Hall–Kier alpha value is -0.890. The average Bonchev–Trinajstić information content (AvgIpc) is 2.48. The normalized spacial score (nSPS) is 16.4. The van der Waals surface area contributed by atoms with Crippen LogP contribution < -0.4 is 4.72 Å². The second-order valence-corrected chi connectivity index (χ2v) is 13.4. The van der Waals surface area contributed by atoms with E-state index in [1.165, 1.54) is 26.8 Å². The molecule has 1 aromatic carbocycles. The average molecular weight is 485 g/mol. The zero-order valence-electron chi connectivity index (χ0n) is 16.0. The van der Waals surface area contributed by atoms with Crippen molar-refractivity contribution in [3.05, 3.63) is 33.8 Å². The van der Waals surface area contributed by atoms with Gasteiger partial charge in [-0.15, -0.1) is 0 Å². The number of nitrogens with zero attached hydrogens (tertiary/aromatic N) is 1. The van der Waals surface area contributed by atoms with E-state index in [2.05, 4.69) is 20.7 Å². The first kappa shape index (κ1) is 24.1. The summed E-state index contributed by atoms with van der Waals surface area (Å²) in [6, 6.07) is 3.85. The van der Waals surface area contributed by atoms with Crippen LogP contribution in [0.3, 0.4) is 0 Å². The van der Waals surface area contributed by atoms with E-state index in [-0.39, 0.29) is 10.0 Å². The van der Waals surface area contributed by atoms with Crippen LogP contribution in [0.15, 0.2) is 16.6 Å². The van der Waals surface area contributed by atoms with Gasteiger partial charge in [0.15, 0.2) is 26.2 Å². The highest BCUT2D eigenvalue weighted by Gasteiger charge is 2.44. The number of hydrogen-bond donors (Lipinski definition) is 1. The summed E-state index contributed by atoms with van der Waals surface area (Å²) in [7, 11) is -5.91. The van der Waals surface area contributed by atoms with Crippen LogP contribution in [0.5, 0.6) is 0 Å². The Morgan fingerprint density at radius 1 is 1.19 bits per heavy atom. The maximum Gasteiger partial charge on any atom is 0.170 e. The van der Waals surface area contributed by atoms with Crippen molar-refractivity contribution in [1.29, 1.82) is 5.26 Å². The zero-order valence-corrected chi connectivity index (χ0v) is 19.2. The topological polar surface area (TPSA) is 87.0 Å². The van der Waals surface area contributed by atoms with Crippen LogP contribution >= 0.6 is 15.9 Å². The van der Waals surface area contributed by atoms with Crippen molar-refractivity contribution in [2.75, 3.05) is 5.75 Å². The summed E-state index contributed by atoms with van der Waals surface area (Å²) in [5.74, 6) is -3.18. The number of nitriles is 1. The molecule has 0 amide bonds. The van der Waals surface area contributed by atoms with Gasteiger partial charge in [0.2, 0.25) is 0 Å². The van der Waals surface area contributed by atoms with Gasteiger partial charge >= 0.3 is 0 Å². The van der Waals surface area contributed by atoms with E-state index in [1.807, 2.05) is 0 Å². The summed E-state index contributed by atoms with van der Waals surface area (Å²) in [5, 5.41) is 9.20. The number of hydrogen-bond acceptors (Lipinski definition) is 4. The lowest BCUT2D eigenvalue weighted by molar-refractivity contribution is 0.425. The minimum atomic E-state index is -4.11. The summed E-state index contributed by atoms with van der Waals surface area (Å²) in [5.41, 5.74) is -2.05. The number of rotatable bonds is 6. The van der Waals surface area contributed by atoms with E-state index >= 15 is 0 Å². The molecule has 0 aliphatic heterocycles. The highest BCUT2D eigenvalue weighted by atomic mass is 79.9. The van der Waals surface area contributed by atoms with E-state index in [1.54, 1.807) is 26.8 Å². The molecule has 0 saturated heterocycles. The third kappa shape index (κ3) is 5.34. The highest BCUT2D eigenvalue weighted by molar-refractivity contribution is 9.10. The van der Waals surface area contributed by atoms with Crippen LogP contribution in [0.1, 0.15) is 47.1 Å². The molecule has 0 aliphatic carbocycles. The number of benzene rings is 1. The van der Waals surface area contributed by atoms with Crippen LogP contribution in [0.4, 0.5) is 8.78 Å². The van der Waals surface area contributed by atoms with Gasteiger partial charge in [0.1, 0.15) is 0 Å². The number of halogens is 3. The molecule has 27 heavy (non-hydrogen) atoms. The van der Waals surface area contributed by atoms with Crippen molar-refractivity contribution >= 4 is 36.8 Å². The minimum Gasteiger partial charge on any atom is -0.242 e. The van der Waals surface area contributed by atoms with E-state index in [9.17, 15) is 26.7 Å². The van der Waals surface area contributed by atoms with Crippen molar-refractivity contribution in [1.82, 2.24) is 4.72 Å². The predicted octanol–water partition coefficient (Wildman–Crippen LogP) is 3.71. The molecule has 1 rings (SSSR count). The maximum atomic E-state index is 14.6. The fourth-order valence-corrected chi connectivity index (χ4v) is 5.01. The van der Waals surface area contributed by atoms with Crippen LogP contribution in [0, 0.1) is 23.0 Å². The van der Waals surface area contributed by atoms with Gasteiger partial charge in [0.25, 0.3) is 0 Å². The van der Waals surface area contributed by atoms with E-state index in [0.717, 1.165) is 6.07 Å². The van der Waals surface area contributed by atoms with Gasteiger partial charge in [-0.2, -0.15) is 5.26 Å². The van der Waals surface area contributed by atoms with Crippen LogP contribution in [-0.2, 0) is 26.4 Å². The monoisotopic (exact) mass is 484 g/mol. The standard InChI is InChI=1S/C17H23BrF2N2O3S2/c1-15(2,3)26(23)22-17(6,10-27(24,25)16(4,5)9-21)12-7-11(18)8-13(19)14(12)20/h7-8,22H,10H2,1-6H3/t17-,26-/m0/s1. The second-order valence-electron chi connectivity index (χ2n) is 7.95. The largest absolute Gasteiger partial charge is 0.242 e. The third-order valence-electron chi connectivity index (χ3n) is 3.99. The van der Waals surface area contributed by atoms with Crippen molar-refractivity contribution in [3.63, 3.8) is 0 Å². The van der Waals surface area contributed by atoms with Gasteiger partial charge in [-0.05, 0) is 53.7 Å². The molecule has 10 heteroatoms. The van der Waals surface area contributed by atoms with E-state index in [4.69, 9.17) is 0 Å². The lowest BCUT2D eigenvalue weighted by atomic mass is 9.94. The van der Waals surface area contributed by atoms with Gasteiger partial charge in [0, 0.05) is 10.0 Å². The van der Waals surface area contributed by atoms with Gasteiger partial charge in [-0.3, -0.25) is 0 Å². The Labute approximate surface area is 170 Å². The molecule has 152 valence electrons. The van der Waals surface area contributed by atoms with Crippen molar-refractivity contribution in [2.24, 2.45) is 0 Å². The Kier molecular flexibility index (Phi) is 7.02. The molecular formula is C17H23BrF2N2O3S2. The van der Waals surface area contributed by atoms with Crippen molar-refractivity contribution < 1.29 is 21.4 Å². The molecule has 0 spiro atoms. The molecule has 0 saturated carbocycles. The highest BCUT2D eigenvalue weighted by Crippen LogP contribution is 2.33. The molecule has 0 aliphatic rings. The quantitative estimate of drug-likeness (QED) is 0.623. The van der Waals surface area contributed by atoms with Crippen molar-refractivity contribution in [3.8, 4) is 6.07 Å². The van der Waals surface area contributed by atoms with Gasteiger partial charge < -0.3 is 0 Å². The molecule has 0 bridgehead atoms. The Balaban J connectivity index is 3.66. The first-order valence-corrected chi connectivity index (χ1v) is 11.5. The molecule has 0 heterocycles. The zero-order chi connectivity index (χ0) is 21.4. The maximum absolute atomic E-state index is 14.6. The number of sulfone groups is 1. The molecule has 1 aromatic rings. The Bertz CT molecular complexity index is 906. The van der Waals surface area contributed by atoms with Crippen LogP contribution in [0.2, 0.25) is 0 Å².